The zero-order chi connectivity index (χ0) is 13.6. The van der Waals surface area contributed by atoms with Gasteiger partial charge in [-0.15, -0.1) is 6.58 Å². The van der Waals surface area contributed by atoms with Crippen LogP contribution in [-0.2, 0) is 6.54 Å². The van der Waals surface area contributed by atoms with Crippen molar-refractivity contribution < 1.29 is 0 Å². The Labute approximate surface area is 116 Å². The highest BCUT2D eigenvalue weighted by molar-refractivity contribution is 5.15. The van der Waals surface area contributed by atoms with Gasteiger partial charge < -0.3 is 11.1 Å². The first-order chi connectivity index (χ1) is 9.28. The molecule has 1 atom stereocenters. The molecule has 0 saturated carbocycles. The minimum Gasteiger partial charge on any atom is -0.329 e. The quantitative estimate of drug-likeness (QED) is 0.579. The molecule has 2 rings (SSSR count). The van der Waals surface area contributed by atoms with E-state index in [4.69, 9.17) is 5.73 Å². The van der Waals surface area contributed by atoms with E-state index in [0.717, 1.165) is 39.0 Å². The van der Waals surface area contributed by atoms with E-state index in [-0.39, 0.29) is 5.54 Å². The molecule has 1 saturated heterocycles. The largest absolute Gasteiger partial charge is 0.329 e. The number of likely N-dealkylation sites (tertiary alicyclic amines) is 1. The Kier molecular flexibility index (Phi) is 5.14. The summed E-state index contributed by atoms with van der Waals surface area (Å²) in [6.45, 7) is 8.61. The van der Waals surface area contributed by atoms with Crippen LogP contribution < -0.4 is 11.1 Å². The number of nitrogens with one attached hydrogen (secondary N) is 1. The molecule has 1 heterocycles. The van der Waals surface area contributed by atoms with Crippen LogP contribution in [0.5, 0.6) is 0 Å². The molecule has 0 aliphatic carbocycles. The second-order valence-electron chi connectivity index (χ2n) is 5.43. The minimum atomic E-state index is 0.0950. The van der Waals surface area contributed by atoms with E-state index >= 15 is 0 Å². The van der Waals surface area contributed by atoms with E-state index in [1.165, 1.54) is 5.56 Å². The predicted octanol–water partition coefficient (Wildman–Crippen LogP) is 1.76. The highest BCUT2D eigenvalue weighted by Crippen LogP contribution is 2.22. The number of rotatable bonds is 7. The third-order valence-electron chi connectivity index (χ3n) is 3.92. The monoisotopic (exact) mass is 259 g/mol. The van der Waals surface area contributed by atoms with Crippen molar-refractivity contribution in [2.45, 2.75) is 24.9 Å². The van der Waals surface area contributed by atoms with Crippen LogP contribution in [0.25, 0.3) is 0 Å². The molecule has 0 bridgehead atoms. The molecule has 0 amide bonds. The summed E-state index contributed by atoms with van der Waals surface area (Å²) < 4.78 is 0. The Morgan fingerprint density at radius 2 is 2.16 bits per heavy atom. The molecule has 1 aliphatic rings. The lowest BCUT2D eigenvalue weighted by molar-refractivity contribution is 0.279. The molecule has 1 unspecified atom stereocenters. The van der Waals surface area contributed by atoms with Gasteiger partial charge >= 0.3 is 0 Å². The van der Waals surface area contributed by atoms with Crippen molar-refractivity contribution in [2.75, 3.05) is 26.2 Å². The maximum Gasteiger partial charge on any atom is 0.0445 e. The number of nitrogens with two attached hydrogens (primary N) is 1. The van der Waals surface area contributed by atoms with Gasteiger partial charge in [0, 0.05) is 31.7 Å². The first kappa shape index (κ1) is 14.3. The van der Waals surface area contributed by atoms with Gasteiger partial charge in [-0.2, -0.15) is 0 Å². The maximum absolute atomic E-state index is 5.99. The molecule has 19 heavy (non-hydrogen) atoms. The fraction of sp³-hybridized carbons (Fsp3) is 0.500. The fourth-order valence-corrected chi connectivity index (χ4v) is 2.76. The summed E-state index contributed by atoms with van der Waals surface area (Å²) in [5, 5.41) is 3.62. The molecule has 1 aromatic carbocycles. The van der Waals surface area contributed by atoms with Gasteiger partial charge in [0.1, 0.15) is 0 Å². The molecule has 0 spiro atoms. The SMILES string of the molecule is C=CCCNC1(CN)CCN(Cc2ccccc2)C1. The zero-order valence-corrected chi connectivity index (χ0v) is 11.6. The summed E-state index contributed by atoms with van der Waals surface area (Å²) in [5.41, 5.74) is 7.46. The van der Waals surface area contributed by atoms with Crippen molar-refractivity contribution in [1.29, 1.82) is 0 Å². The fourth-order valence-electron chi connectivity index (χ4n) is 2.76. The minimum absolute atomic E-state index is 0.0950. The average Bonchev–Trinajstić information content (AvgIpc) is 2.84. The molecule has 1 aromatic rings. The van der Waals surface area contributed by atoms with Crippen LogP contribution >= 0.6 is 0 Å². The van der Waals surface area contributed by atoms with Crippen molar-refractivity contribution in [1.82, 2.24) is 10.2 Å². The summed E-state index contributed by atoms with van der Waals surface area (Å²) in [4.78, 5) is 2.49. The second kappa shape index (κ2) is 6.85. The Morgan fingerprint density at radius 1 is 1.37 bits per heavy atom. The summed E-state index contributed by atoms with van der Waals surface area (Å²) in [5.74, 6) is 0. The van der Waals surface area contributed by atoms with E-state index in [1.54, 1.807) is 0 Å². The molecule has 0 aromatic heterocycles. The zero-order valence-electron chi connectivity index (χ0n) is 11.6. The van der Waals surface area contributed by atoms with E-state index in [2.05, 4.69) is 47.1 Å². The molecule has 0 radical (unpaired) electrons. The first-order valence-corrected chi connectivity index (χ1v) is 7.10. The highest BCUT2D eigenvalue weighted by Gasteiger charge is 2.35. The molecule has 104 valence electrons. The topological polar surface area (TPSA) is 41.3 Å². The summed E-state index contributed by atoms with van der Waals surface area (Å²) in [6, 6.07) is 10.6. The van der Waals surface area contributed by atoms with Crippen molar-refractivity contribution in [3.05, 3.63) is 48.6 Å². The van der Waals surface area contributed by atoms with Gasteiger partial charge in [-0.1, -0.05) is 36.4 Å². The van der Waals surface area contributed by atoms with Gasteiger partial charge in [-0.3, -0.25) is 4.90 Å². The van der Waals surface area contributed by atoms with Gasteiger partial charge in [0.2, 0.25) is 0 Å². The highest BCUT2D eigenvalue weighted by atomic mass is 15.2. The molecule has 3 nitrogen and oxygen atoms in total. The Morgan fingerprint density at radius 3 is 2.84 bits per heavy atom. The number of hydrogen-bond donors (Lipinski definition) is 2. The van der Waals surface area contributed by atoms with Gasteiger partial charge in [0.05, 0.1) is 0 Å². The number of nitrogens with zero attached hydrogens (tertiary/aromatic N) is 1. The number of hydrogen-bond acceptors (Lipinski definition) is 3. The Hall–Kier alpha value is -1.16. The molecule has 3 heteroatoms. The van der Waals surface area contributed by atoms with Crippen LogP contribution in [0.2, 0.25) is 0 Å². The Bertz CT molecular complexity index is 390. The third-order valence-corrected chi connectivity index (χ3v) is 3.92. The van der Waals surface area contributed by atoms with Gasteiger partial charge in [0.15, 0.2) is 0 Å². The predicted molar refractivity (Wildman–Crippen MR) is 80.9 cm³/mol. The molecule has 1 aliphatic heterocycles. The Balaban J connectivity index is 1.88. The molecular formula is C16H25N3. The smallest absolute Gasteiger partial charge is 0.0445 e. The van der Waals surface area contributed by atoms with E-state index < -0.39 is 0 Å². The first-order valence-electron chi connectivity index (χ1n) is 7.10. The van der Waals surface area contributed by atoms with Crippen molar-refractivity contribution in [3.63, 3.8) is 0 Å². The molecule has 1 fully saturated rings. The third kappa shape index (κ3) is 3.90. The maximum atomic E-state index is 5.99. The molecular weight excluding hydrogens is 234 g/mol. The van der Waals surface area contributed by atoms with Crippen LogP contribution in [0.1, 0.15) is 18.4 Å². The normalized spacial score (nSPS) is 23.6. The lowest BCUT2D eigenvalue weighted by Gasteiger charge is -2.29. The summed E-state index contributed by atoms with van der Waals surface area (Å²) >= 11 is 0. The van der Waals surface area contributed by atoms with Crippen LogP contribution in [0.4, 0.5) is 0 Å². The van der Waals surface area contributed by atoms with Gasteiger partial charge in [-0.05, 0) is 24.9 Å². The molecule has 3 N–H and O–H groups in total. The van der Waals surface area contributed by atoms with Crippen LogP contribution in [0.15, 0.2) is 43.0 Å². The van der Waals surface area contributed by atoms with Gasteiger partial charge in [-0.25, -0.2) is 0 Å². The lowest BCUT2D eigenvalue weighted by Crippen LogP contribution is -2.53. The second-order valence-corrected chi connectivity index (χ2v) is 5.43. The van der Waals surface area contributed by atoms with Crippen LogP contribution in [0, 0.1) is 0 Å². The van der Waals surface area contributed by atoms with Gasteiger partial charge in [0.25, 0.3) is 0 Å². The van der Waals surface area contributed by atoms with E-state index in [1.807, 2.05) is 6.08 Å². The summed E-state index contributed by atoms with van der Waals surface area (Å²) in [6.07, 6.45) is 4.09. The number of benzene rings is 1. The van der Waals surface area contributed by atoms with Crippen LogP contribution in [-0.4, -0.2) is 36.6 Å². The van der Waals surface area contributed by atoms with Crippen molar-refractivity contribution in [2.24, 2.45) is 5.73 Å². The van der Waals surface area contributed by atoms with E-state index in [9.17, 15) is 0 Å². The van der Waals surface area contributed by atoms with Crippen molar-refractivity contribution >= 4 is 0 Å². The standard InChI is InChI=1S/C16H25N3/c1-2-3-10-18-16(13-17)9-11-19(14-16)12-15-7-5-4-6-8-15/h2,4-8,18H,1,3,9-14,17H2. The lowest BCUT2D eigenvalue weighted by atomic mass is 9.99. The van der Waals surface area contributed by atoms with E-state index in [0.29, 0.717) is 6.54 Å². The summed E-state index contributed by atoms with van der Waals surface area (Å²) in [7, 11) is 0. The van der Waals surface area contributed by atoms with Crippen LogP contribution in [0.3, 0.4) is 0 Å². The average molecular weight is 259 g/mol. The van der Waals surface area contributed by atoms with Crippen molar-refractivity contribution in [3.8, 4) is 0 Å².